The van der Waals surface area contributed by atoms with Crippen molar-refractivity contribution in [3.8, 4) is 0 Å². The molecule has 1 aromatic heterocycles. The third-order valence-corrected chi connectivity index (χ3v) is 2.16. The molecule has 0 spiro atoms. The van der Waals surface area contributed by atoms with E-state index in [1.165, 1.54) is 6.08 Å². The van der Waals surface area contributed by atoms with Crippen molar-refractivity contribution in [1.82, 2.24) is 4.90 Å². The van der Waals surface area contributed by atoms with E-state index in [9.17, 15) is 4.79 Å². The van der Waals surface area contributed by atoms with Crippen molar-refractivity contribution in [1.29, 1.82) is 0 Å². The summed E-state index contributed by atoms with van der Waals surface area (Å²) in [5, 5.41) is 0. The largest absolute Gasteiger partial charge is 0.462 e. The molecular formula is C14H17NO2. The lowest BCUT2D eigenvalue weighted by Gasteiger charge is -2.16. The molecule has 0 bridgehead atoms. The summed E-state index contributed by atoms with van der Waals surface area (Å²) in [6.07, 6.45) is 6.53. The number of hydrogen-bond acceptors (Lipinski definition) is 2. The minimum atomic E-state index is -0.0844. The Balaban J connectivity index is 2.65. The molecule has 1 rings (SSSR count). The highest BCUT2D eigenvalue weighted by atomic mass is 16.3. The molecular weight excluding hydrogens is 214 g/mol. The van der Waals surface area contributed by atoms with Crippen molar-refractivity contribution in [2.45, 2.75) is 6.92 Å². The molecule has 17 heavy (non-hydrogen) atoms. The molecule has 90 valence electrons. The van der Waals surface area contributed by atoms with Gasteiger partial charge in [-0.25, -0.2) is 0 Å². The van der Waals surface area contributed by atoms with Crippen LogP contribution in [0.1, 0.15) is 11.5 Å². The van der Waals surface area contributed by atoms with Crippen molar-refractivity contribution in [2.24, 2.45) is 0 Å². The zero-order valence-electron chi connectivity index (χ0n) is 10.1. The van der Waals surface area contributed by atoms with Gasteiger partial charge in [0.25, 0.3) is 0 Å². The van der Waals surface area contributed by atoms with Crippen molar-refractivity contribution in [3.63, 3.8) is 0 Å². The van der Waals surface area contributed by atoms with E-state index in [1.807, 2.05) is 19.1 Å². The Morgan fingerprint density at radius 2 is 2.00 bits per heavy atom. The van der Waals surface area contributed by atoms with Gasteiger partial charge in [0.15, 0.2) is 0 Å². The molecule has 0 saturated heterocycles. The number of rotatable bonds is 6. The number of nitrogens with zero attached hydrogens (tertiary/aromatic N) is 1. The van der Waals surface area contributed by atoms with Gasteiger partial charge in [-0.1, -0.05) is 12.2 Å². The average molecular weight is 231 g/mol. The number of aryl methyl sites for hydroxylation is 1. The smallest absolute Gasteiger partial charge is 0.247 e. The van der Waals surface area contributed by atoms with Gasteiger partial charge in [0, 0.05) is 19.2 Å². The highest BCUT2D eigenvalue weighted by Gasteiger charge is 2.06. The minimum Gasteiger partial charge on any atom is -0.462 e. The van der Waals surface area contributed by atoms with E-state index in [4.69, 9.17) is 4.42 Å². The van der Waals surface area contributed by atoms with Crippen LogP contribution in [-0.4, -0.2) is 23.9 Å². The van der Waals surface area contributed by atoms with Gasteiger partial charge in [-0.15, -0.1) is 13.2 Å². The summed E-state index contributed by atoms with van der Waals surface area (Å²) in [4.78, 5) is 13.4. The van der Waals surface area contributed by atoms with Crippen LogP contribution in [0.4, 0.5) is 0 Å². The summed E-state index contributed by atoms with van der Waals surface area (Å²) in [6.45, 7) is 10.1. The summed E-state index contributed by atoms with van der Waals surface area (Å²) in [5.41, 5.74) is 0. The molecule has 0 fully saturated rings. The maximum absolute atomic E-state index is 11.8. The van der Waals surface area contributed by atoms with Gasteiger partial charge in [-0.2, -0.15) is 0 Å². The molecule has 0 N–H and O–H groups in total. The van der Waals surface area contributed by atoms with Crippen molar-refractivity contribution >= 4 is 12.0 Å². The Morgan fingerprint density at radius 1 is 1.35 bits per heavy atom. The quantitative estimate of drug-likeness (QED) is 0.557. The Labute approximate surface area is 102 Å². The van der Waals surface area contributed by atoms with Crippen LogP contribution < -0.4 is 0 Å². The van der Waals surface area contributed by atoms with Crippen LogP contribution in [0.25, 0.3) is 6.08 Å². The van der Waals surface area contributed by atoms with Gasteiger partial charge < -0.3 is 9.32 Å². The van der Waals surface area contributed by atoms with Crippen LogP contribution in [0.15, 0.2) is 47.9 Å². The lowest BCUT2D eigenvalue weighted by Crippen LogP contribution is -2.29. The van der Waals surface area contributed by atoms with Crippen LogP contribution in [0.2, 0.25) is 0 Å². The Kier molecular flexibility index (Phi) is 5.01. The lowest BCUT2D eigenvalue weighted by molar-refractivity contribution is -0.125. The number of furan rings is 1. The summed E-state index contributed by atoms with van der Waals surface area (Å²) in [7, 11) is 0. The highest BCUT2D eigenvalue weighted by molar-refractivity contribution is 5.91. The van der Waals surface area contributed by atoms with Crippen molar-refractivity contribution in [2.75, 3.05) is 13.1 Å². The Morgan fingerprint density at radius 3 is 2.47 bits per heavy atom. The molecule has 0 saturated carbocycles. The second kappa shape index (κ2) is 6.53. The SMILES string of the molecule is C=CCN(CC=C)C(=O)/C=C/c1ccc(C)o1. The van der Waals surface area contributed by atoms with Gasteiger partial charge in [0.05, 0.1) is 0 Å². The molecule has 0 radical (unpaired) electrons. The van der Waals surface area contributed by atoms with E-state index in [0.717, 1.165) is 5.76 Å². The summed E-state index contributed by atoms with van der Waals surface area (Å²) in [6, 6.07) is 3.68. The van der Waals surface area contributed by atoms with E-state index in [2.05, 4.69) is 13.2 Å². The number of amides is 1. The first kappa shape index (κ1) is 13.0. The first-order valence-electron chi connectivity index (χ1n) is 5.42. The molecule has 1 heterocycles. The second-order valence-corrected chi connectivity index (χ2v) is 3.60. The molecule has 0 atom stereocenters. The highest BCUT2D eigenvalue weighted by Crippen LogP contribution is 2.08. The van der Waals surface area contributed by atoms with E-state index in [-0.39, 0.29) is 5.91 Å². The van der Waals surface area contributed by atoms with Gasteiger partial charge in [0.2, 0.25) is 5.91 Å². The molecule has 0 aliphatic rings. The van der Waals surface area contributed by atoms with Crippen molar-refractivity contribution < 1.29 is 9.21 Å². The van der Waals surface area contributed by atoms with E-state index in [0.29, 0.717) is 18.8 Å². The maximum atomic E-state index is 11.8. The van der Waals surface area contributed by atoms with Crippen molar-refractivity contribution in [3.05, 3.63) is 55.0 Å². The molecule has 1 aromatic rings. The molecule has 3 heteroatoms. The second-order valence-electron chi connectivity index (χ2n) is 3.60. The Bertz CT molecular complexity index is 419. The molecule has 0 aliphatic carbocycles. The first-order valence-corrected chi connectivity index (χ1v) is 5.42. The summed E-state index contributed by atoms with van der Waals surface area (Å²) >= 11 is 0. The van der Waals surface area contributed by atoms with Gasteiger partial charge in [0.1, 0.15) is 11.5 Å². The fraction of sp³-hybridized carbons (Fsp3) is 0.214. The van der Waals surface area contributed by atoms with Crippen LogP contribution in [0.5, 0.6) is 0 Å². The molecule has 0 aliphatic heterocycles. The summed E-state index contributed by atoms with van der Waals surface area (Å²) < 4.78 is 5.34. The summed E-state index contributed by atoms with van der Waals surface area (Å²) in [5.74, 6) is 1.41. The van der Waals surface area contributed by atoms with E-state index in [1.54, 1.807) is 23.1 Å². The Hall–Kier alpha value is -2.03. The van der Waals surface area contributed by atoms with Gasteiger partial charge in [-0.05, 0) is 25.1 Å². The molecule has 1 amide bonds. The number of hydrogen-bond donors (Lipinski definition) is 0. The molecule has 0 unspecified atom stereocenters. The van der Waals surface area contributed by atoms with Crippen LogP contribution >= 0.6 is 0 Å². The number of carbonyl (C=O) groups is 1. The number of carbonyl (C=O) groups excluding carboxylic acids is 1. The first-order chi connectivity index (χ1) is 8.17. The standard InChI is InChI=1S/C14H17NO2/c1-4-10-15(11-5-2)14(16)9-8-13-7-6-12(3)17-13/h4-9H,1-2,10-11H2,3H3/b9-8+. The van der Waals surface area contributed by atoms with Crippen LogP contribution in [-0.2, 0) is 4.79 Å². The molecule has 0 aromatic carbocycles. The zero-order valence-corrected chi connectivity index (χ0v) is 10.1. The predicted octanol–water partition coefficient (Wildman–Crippen LogP) is 2.80. The van der Waals surface area contributed by atoms with Gasteiger partial charge in [-0.3, -0.25) is 4.79 Å². The molecule has 3 nitrogen and oxygen atoms in total. The zero-order chi connectivity index (χ0) is 12.7. The van der Waals surface area contributed by atoms with Crippen LogP contribution in [0, 0.1) is 6.92 Å². The third kappa shape index (κ3) is 4.15. The van der Waals surface area contributed by atoms with E-state index >= 15 is 0 Å². The third-order valence-electron chi connectivity index (χ3n) is 2.16. The average Bonchev–Trinajstić information content (AvgIpc) is 2.72. The fourth-order valence-corrected chi connectivity index (χ4v) is 1.37. The normalized spacial score (nSPS) is 10.4. The van der Waals surface area contributed by atoms with Crippen LogP contribution in [0.3, 0.4) is 0 Å². The van der Waals surface area contributed by atoms with E-state index < -0.39 is 0 Å². The minimum absolute atomic E-state index is 0.0844. The maximum Gasteiger partial charge on any atom is 0.247 e. The topological polar surface area (TPSA) is 33.5 Å². The lowest BCUT2D eigenvalue weighted by atomic mass is 10.3. The predicted molar refractivity (Wildman–Crippen MR) is 69.5 cm³/mol. The van der Waals surface area contributed by atoms with Gasteiger partial charge >= 0.3 is 0 Å². The monoisotopic (exact) mass is 231 g/mol. The fourth-order valence-electron chi connectivity index (χ4n) is 1.37.